The number of ether oxygens (including phenoxy) is 4. The van der Waals surface area contributed by atoms with E-state index in [0.29, 0.717) is 25.7 Å². The van der Waals surface area contributed by atoms with Gasteiger partial charge >= 0.3 is 39.5 Å². The Morgan fingerprint density at radius 2 is 0.465 bits per heavy atom. The van der Waals surface area contributed by atoms with E-state index in [2.05, 4.69) is 41.5 Å². The fourth-order valence-corrected chi connectivity index (χ4v) is 13.9. The summed E-state index contributed by atoms with van der Waals surface area (Å²) < 4.78 is 68.7. The van der Waals surface area contributed by atoms with E-state index in [9.17, 15) is 43.2 Å². The highest BCUT2D eigenvalue weighted by atomic mass is 31.2. The van der Waals surface area contributed by atoms with Crippen LogP contribution in [0.2, 0.25) is 0 Å². The summed E-state index contributed by atoms with van der Waals surface area (Å²) in [6.07, 6.45) is 61.0. The van der Waals surface area contributed by atoms with Gasteiger partial charge < -0.3 is 33.8 Å². The second-order valence-corrected chi connectivity index (χ2v) is 32.7. The van der Waals surface area contributed by atoms with Crippen LogP contribution in [0.3, 0.4) is 0 Å². The fourth-order valence-electron chi connectivity index (χ4n) is 12.4. The molecule has 0 heterocycles. The molecule has 0 fully saturated rings. The monoisotopic (exact) mass is 1450 g/mol. The van der Waals surface area contributed by atoms with Gasteiger partial charge in [0.05, 0.1) is 26.4 Å². The molecule has 0 amide bonds. The van der Waals surface area contributed by atoms with E-state index in [1.54, 1.807) is 0 Å². The maximum atomic E-state index is 13.1. The van der Waals surface area contributed by atoms with Crippen molar-refractivity contribution >= 4 is 39.5 Å². The van der Waals surface area contributed by atoms with Crippen molar-refractivity contribution in [2.75, 3.05) is 39.6 Å². The topological polar surface area (TPSA) is 237 Å². The molecule has 0 aromatic heterocycles. The number of hydrogen-bond donors (Lipinski definition) is 3. The van der Waals surface area contributed by atoms with E-state index in [0.717, 1.165) is 102 Å². The van der Waals surface area contributed by atoms with Gasteiger partial charge in [0.15, 0.2) is 12.2 Å². The summed E-state index contributed by atoms with van der Waals surface area (Å²) in [6.45, 7) is 9.65. The van der Waals surface area contributed by atoms with Crippen molar-refractivity contribution in [3.63, 3.8) is 0 Å². The molecule has 5 atom stereocenters. The van der Waals surface area contributed by atoms with Crippen molar-refractivity contribution < 1.29 is 80.2 Å². The SMILES string of the molecule is CCCCCCCCCCCCCCCCCCCCC(=O)O[C@H](COC(=O)CCCCCCCCCCCCCCCC(C)C)COP(=O)(O)OC[C@@H](O)COP(=O)(O)OC[C@@H](COC(=O)CCCCCCCCCCC)OC(=O)CCCCCCCCCCCCCCCC(C)C. The predicted octanol–water partition coefficient (Wildman–Crippen LogP) is 23.9. The van der Waals surface area contributed by atoms with Crippen LogP contribution in [0, 0.1) is 11.8 Å². The van der Waals surface area contributed by atoms with Crippen molar-refractivity contribution in [2.24, 2.45) is 11.8 Å². The molecule has 0 aliphatic carbocycles. The molecule has 0 aromatic rings. The second-order valence-electron chi connectivity index (χ2n) is 29.8. The smallest absolute Gasteiger partial charge is 0.462 e. The van der Waals surface area contributed by atoms with E-state index in [-0.39, 0.29) is 25.7 Å². The highest BCUT2D eigenvalue weighted by molar-refractivity contribution is 7.47. The molecule has 0 aliphatic heterocycles. The molecule has 0 radical (unpaired) electrons. The Kier molecular flexibility index (Phi) is 70.3. The molecule has 0 rings (SSSR count). The first-order valence-corrected chi connectivity index (χ1v) is 44.5. The minimum absolute atomic E-state index is 0.107. The lowest BCUT2D eigenvalue weighted by Crippen LogP contribution is -2.30. The molecule has 0 saturated carbocycles. The summed E-state index contributed by atoms with van der Waals surface area (Å²) in [5.41, 5.74) is 0. The predicted molar refractivity (Wildman–Crippen MR) is 405 cm³/mol. The lowest BCUT2D eigenvalue weighted by molar-refractivity contribution is -0.161. The highest BCUT2D eigenvalue weighted by Crippen LogP contribution is 2.45. The van der Waals surface area contributed by atoms with Crippen LogP contribution < -0.4 is 0 Å². The molecule has 2 unspecified atom stereocenters. The van der Waals surface area contributed by atoms with Crippen molar-refractivity contribution in [3.8, 4) is 0 Å². The van der Waals surface area contributed by atoms with Crippen LogP contribution in [0.25, 0.3) is 0 Å². The van der Waals surface area contributed by atoms with Gasteiger partial charge in [0.1, 0.15) is 19.3 Å². The minimum Gasteiger partial charge on any atom is -0.462 e. The number of unbranched alkanes of at least 4 members (excludes halogenated alkanes) is 49. The molecule has 0 aromatic carbocycles. The summed E-state index contributed by atoms with van der Waals surface area (Å²) in [5.74, 6) is -0.532. The van der Waals surface area contributed by atoms with E-state index in [4.69, 9.17) is 37.0 Å². The molecular weight excluding hydrogens is 1290 g/mol. The summed E-state index contributed by atoms with van der Waals surface area (Å²) >= 11 is 0. The third-order valence-corrected chi connectivity index (χ3v) is 20.6. The molecular formula is C80H156O17P2. The third-order valence-electron chi connectivity index (χ3n) is 18.7. The number of aliphatic hydroxyl groups excluding tert-OH is 1. The Labute approximate surface area is 607 Å². The molecule has 0 saturated heterocycles. The molecule has 588 valence electrons. The molecule has 99 heavy (non-hydrogen) atoms. The first kappa shape index (κ1) is 97.1. The van der Waals surface area contributed by atoms with Crippen LogP contribution in [-0.2, 0) is 65.4 Å². The van der Waals surface area contributed by atoms with E-state index >= 15 is 0 Å². The van der Waals surface area contributed by atoms with Gasteiger partial charge in [0.25, 0.3) is 0 Å². The largest absolute Gasteiger partial charge is 0.472 e. The number of carbonyl (C=O) groups excluding carboxylic acids is 4. The Hall–Kier alpha value is -1.94. The van der Waals surface area contributed by atoms with Crippen molar-refractivity contribution in [2.45, 2.75) is 439 Å². The lowest BCUT2D eigenvalue weighted by Gasteiger charge is -2.21. The molecule has 0 aliphatic rings. The zero-order valence-electron chi connectivity index (χ0n) is 64.8. The van der Waals surface area contributed by atoms with Crippen molar-refractivity contribution in [1.29, 1.82) is 0 Å². The van der Waals surface area contributed by atoms with Gasteiger partial charge in [-0.2, -0.15) is 0 Å². The van der Waals surface area contributed by atoms with Gasteiger partial charge in [-0.3, -0.25) is 37.3 Å². The lowest BCUT2D eigenvalue weighted by atomic mass is 10.0. The number of esters is 4. The van der Waals surface area contributed by atoms with Crippen molar-refractivity contribution in [1.82, 2.24) is 0 Å². The van der Waals surface area contributed by atoms with E-state index in [1.165, 1.54) is 238 Å². The quantitative estimate of drug-likeness (QED) is 0.0222. The fraction of sp³-hybridized carbons (Fsp3) is 0.950. The first-order chi connectivity index (χ1) is 47.9. The Morgan fingerprint density at radius 1 is 0.273 bits per heavy atom. The van der Waals surface area contributed by atoms with Gasteiger partial charge in [-0.05, 0) is 37.5 Å². The van der Waals surface area contributed by atoms with Crippen LogP contribution in [0.4, 0.5) is 0 Å². The number of carbonyl (C=O) groups is 4. The van der Waals surface area contributed by atoms with E-state index in [1.807, 2.05) is 0 Å². The maximum absolute atomic E-state index is 13.1. The zero-order valence-corrected chi connectivity index (χ0v) is 66.6. The molecule has 17 nitrogen and oxygen atoms in total. The highest BCUT2D eigenvalue weighted by Gasteiger charge is 2.30. The van der Waals surface area contributed by atoms with Crippen LogP contribution in [0.15, 0.2) is 0 Å². The molecule has 0 spiro atoms. The Bertz CT molecular complexity index is 1910. The number of rotatable bonds is 79. The summed E-state index contributed by atoms with van der Waals surface area (Å²) in [4.78, 5) is 73.0. The van der Waals surface area contributed by atoms with Gasteiger partial charge in [-0.1, -0.05) is 369 Å². The van der Waals surface area contributed by atoms with Gasteiger partial charge in [0.2, 0.25) is 0 Å². The van der Waals surface area contributed by atoms with Crippen LogP contribution in [0.1, 0.15) is 420 Å². The van der Waals surface area contributed by atoms with Gasteiger partial charge in [-0.15, -0.1) is 0 Å². The molecule has 0 bridgehead atoms. The Morgan fingerprint density at radius 3 is 0.687 bits per heavy atom. The molecule has 3 N–H and O–H groups in total. The van der Waals surface area contributed by atoms with Crippen LogP contribution in [0.5, 0.6) is 0 Å². The molecule has 19 heteroatoms. The second kappa shape index (κ2) is 71.7. The van der Waals surface area contributed by atoms with Crippen molar-refractivity contribution in [3.05, 3.63) is 0 Å². The summed E-state index contributed by atoms with van der Waals surface area (Å²) in [5, 5.41) is 10.6. The van der Waals surface area contributed by atoms with E-state index < -0.39 is 97.5 Å². The normalized spacial score (nSPS) is 13.9. The van der Waals surface area contributed by atoms with Crippen LogP contribution >= 0.6 is 15.6 Å². The number of aliphatic hydroxyl groups is 1. The Balaban J connectivity index is 5.23. The number of phosphoric acid groups is 2. The standard InChI is InChI=1S/C80H156O17P2/c1-7-9-11-13-15-17-18-19-20-21-22-23-28-34-40-46-52-58-64-79(84)97-76(69-91-78(83)63-57-51-45-39-33-29-24-26-31-37-42-48-54-60-72(3)4)71-95-99(88,89)93-67-74(81)66-92-98(86,87)94-70-75(68-90-77(82)62-56-50-44-36-16-14-12-10-8-2)96-80(85)65-59-53-47-41-35-30-25-27-32-38-43-49-55-61-73(5)6/h72-76,81H,7-71H2,1-6H3,(H,86,87)(H,88,89)/t74-,75+,76+/m0/s1. The average molecular weight is 1450 g/mol. The van der Waals surface area contributed by atoms with Gasteiger partial charge in [0, 0.05) is 25.7 Å². The minimum atomic E-state index is -4.96. The first-order valence-electron chi connectivity index (χ1n) is 41.5. The van der Waals surface area contributed by atoms with Crippen LogP contribution in [-0.4, -0.2) is 96.7 Å². The van der Waals surface area contributed by atoms with Gasteiger partial charge in [-0.25, -0.2) is 9.13 Å². The number of phosphoric ester groups is 2. The zero-order chi connectivity index (χ0) is 72.8. The summed E-state index contributed by atoms with van der Waals surface area (Å²) in [7, 11) is -9.92. The maximum Gasteiger partial charge on any atom is 0.472 e. The summed E-state index contributed by atoms with van der Waals surface area (Å²) in [6, 6.07) is 0. The third kappa shape index (κ3) is 74.1. The number of hydrogen-bond acceptors (Lipinski definition) is 15. The average Bonchev–Trinajstić information content (AvgIpc) is 1.45.